The number of hydrogen-bond donors (Lipinski definition) is 1. The van der Waals surface area contributed by atoms with Crippen LogP contribution in [0.1, 0.15) is 35.3 Å². The zero-order valence-electron chi connectivity index (χ0n) is 10.6. The molecule has 0 saturated carbocycles. The molecule has 0 bridgehead atoms. The highest BCUT2D eigenvalue weighted by Crippen LogP contribution is 2.40. The summed E-state index contributed by atoms with van der Waals surface area (Å²) in [6.07, 6.45) is -0.285. The summed E-state index contributed by atoms with van der Waals surface area (Å²) in [4.78, 5) is 0. The van der Waals surface area contributed by atoms with Crippen molar-refractivity contribution in [1.29, 1.82) is 0 Å². The van der Waals surface area contributed by atoms with Crippen molar-refractivity contribution >= 4 is 0 Å². The Morgan fingerprint density at radius 2 is 1.89 bits per heavy atom. The van der Waals surface area contributed by atoms with Crippen LogP contribution >= 0.6 is 0 Å². The molecule has 0 aliphatic carbocycles. The van der Waals surface area contributed by atoms with Crippen molar-refractivity contribution in [3.05, 3.63) is 65.0 Å². The average molecular weight is 258 g/mol. The summed E-state index contributed by atoms with van der Waals surface area (Å²) < 4.78 is 18.8. The summed E-state index contributed by atoms with van der Waals surface area (Å²) in [5.41, 5.74) is 2.81. The van der Waals surface area contributed by atoms with Gasteiger partial charge in [-0.1, -0.05) is 23.8 Å². The number of aliphatic hydroxyl groups excluding tert-OH is 1. The maximum absolute atomic E-state index is 12.9. The lowest BCUT2D eigenvalue weighted by molar-refractivity contribution is 0.0656. The van der Waals surface area contributed by atoms with Crippen molar-refractivity contribution in [2.45, 2.75) is 25.6 Å². The molecule has 2 nitrogen and oxygen atoms in total. The number of benzene rings is 2. The third-order valence-electron chi connectivity index (χ3n) is 3.47. The van der Waals surface area contributed by atoms with E-state index >= 15 is 0 Å². The second kappa shape index (κ2) is 4.67. The van der Waals surface area contributed by atoms with Gasteiger partial charge in [0.2, 0.25) is 0 Å². The number of aryl methyl sites for hydroxylation is 1. The minimum Gasteiger partial charge on any atom is -0.485 e. The molecular weight excluding hydrogens is 243 g/mol. The number of fused-ring (bicyclic) bond motifs is 1. The third kappa shape index (κ3) is 2.34. The molecule has 0 saturated heterocycles. The van der Waals surface area contributed by atoms with Crippen molar-refractivity contribution in [2.75, 3.05) is 0 Å². The Morgan fingerprint density at radius 1 is 1.16 bits per heavy atom. The summed E-state index contributed by atoms with van der Waals surface area (Å²) >= 11 is 0. The number of rotatable bonds is 1. The summed E-state index contributed by atoms with van der Waals surface area (Å²) in [5.74, 6) is 0.440. The highest BCUT2D eigenvalue weighted by molar-refractivity contribution is 5.41. The van der Waals surface area contributed by atoms with Crippen molar-refractivity contribution in [3.8, 4) is 5.75 Å². The minimum atomic E-state index is -0.543. The maximum Gasteiger partial charge on any atom is 0.127 e. The van der Waals surface area contributed by atoms with Gasteiger partial charge in [-0.2, -0.15) is 0 Å². The molecule has 0 fully saturated rings. The first-order valence-corrected chi connectivity index (χ1v) is 6.34. The van der Waals surface area contributed by atoms with Gasteiger partial charge in [-0.3, -0.25) is 0 Å². The van der Waals surface area contributed by atoms with Gasteiger partial charge in [0.05, 0.1) is 6.10 Å². The van der Waals surface area contributed by atoms with Gasteiger partial charge in [0, 0.05) is 12.0 Å². The van der Waals surface area contributed by atoms with Gasteiger partial charge >= 0.3 is 0 Å². The van der Waals surface area contributed by atoms with Gasteiger partial charge < -0.3 is 9.84 Å². The van der Waals surface area contributed by atoms with Gasteiger partial charge in [0.25, 0.3) is 0 Å². The molecule has 1 N–H and O–H groups in total. The first-order chi connectivity index (χ1) is 9.13. The Hall–Kier alpha value is -1.87. The van der Waals surface area contributed by atoms with E-state index in [1.165, 1.54) is 12.1 Å². The first-order valence-electron chi connectivity index (χ1n) is 6.34. The molecular formula is C16H15FO2. The van der Waals surface area contributed by atoms with E-state index in [1.807, 2.05) is 25.1 Å². The Morgan fingerprint density at radius 3 is 2.63 bits per heavy atom. The Labute approximate surface area is 111 Å². The molecule has 0 spiro atoms. The molecule has 1 unspecified atom stereocenters. The van der Waals surface area contributed by atoms with Crippen molar-refractivity contribution in [2.24, 2.45) is 0 Å². The fourth-order valence-corrected chi connectivity index (χ4v) is 2.45. The second-order valence-electron chi connectivity index (χ2n) is 4.95. The molecule has 2 aromatic rings. The molecule has 0 amide bonds. The van der Waals surface area contributed by atoms with Crippen LogP contribution in [-0.2, 0) is 0 Å². The van der Waals surface area contributed by atoms with E-state index in [0.29, 0.717) is 12.2 Å². The van der Waals surface area contributed by atoms with E-state index in [2.05, 4.69) is 0 Å². The Bertz CT molecular complexity index is 592. The number of halogens is 1. The lowest BCUT2D eigenvalue weighted by Gasteiger charge is -2.30. The summed E-state index contributed by atoms with van der Waals surface area (Å²) in [7, 11) is 0. The van der Waals surface area contributed by atoms with Crippen LogP contribution in [0.25, 0.3) is 0 Å². The van der Waals surface area contributed by atoms with Crippen molar-refractivity contribution < 1.29 is 14.2 Å². The zero-order valence-corrected chi connectivity index (χ0v) is 10.6. The van der Waals surface area contributed by atoms with Gasteiger partial charge in [-0.25, -0.2) is 4.39 Å². The first kappa shape index (κ1) is 12.2. The molecule has 2 aromatic carbocycles. The molecule has 3 heteroatoms. The number of ether oxygens (including phenoxy) is 1. The number of hydrogen-bond acceptors (Lipinski definition) is 2. The number of aliphatic hydroxyl groups is 1. The summed E-state index contributed by atoms with van der Waals surface area (Å²) in [6, 6.07) is 12.0. The fraction of sp³-hybridized carbons (Fsp3) is 0.250. The SMILES string of the molecule is Cc1ccc2c(c1)[C@@H](O)CC(c1ccc(F)cc1)O2. The second-order valence-corrected chi connectivity index (χ2v) is 4.95. The van der Waals surface area contributed by atoms with Crippen LogP contribution in [0.15, 0.2) is 42.5 Å². The largest absolute Gasteiger partial charge is 0.485 e. The minimum absolute atomic E-state index is 0.231. The van der Waals surface area contributed by atoms with E-state index in [9.17, 15) is 9.50 Å². The highest BCUT2D eigenvalue weighted by Gasteiger charge is 2.27. The maximum atomic E-state index is 12.9. The van der Waals surface area contributed by atoms with E-state index in [4.69, 9.17) is 4.74 Å². The topological polar surface area (TPSA) is 29.5 Å². The molecule has 98 valence electrons. The van der Waals surface area contributed by atoms with Gasteiger partial charge in [-0.05, 0) is 36.8 Å². The molecule has 1 aliphatic heterocycles. The van der Waals surface area contributed by atoms with Crippen LogP contribution in [-0.4, -0.2) is 5.11 Å². The van der Waals surface area contributed by atoms with Crippen LogP contribution in [0.2, 0.25) is 0 Å². The van der Waals surface area contributed by atoms with Crippen LogP contribution < -0.4 is 4.74 Å². The summed E-state index contributed by atoms with van der Waals surface area (Å²) in [5, 5.41) is 10.2. The molecule has 2 atom stereocenters. The van der Waals surface area contributed by atoms with Crippen molar-refractivity contribution in [1.82, 2.24) is 0 Å². The van der Waals surface area contributed by atoms with E-state index in [1.54, 1.807) is 12.1 Å². The molecule has 1 heterocycles. The predicted molar refractivity (Wildman–Crippen MR) is 70.5 cm³/mol. The molecule has 1 aliphatic rings. The Balaban J connectivity index is 1.92. The molecule has 19 heavy (non-hydrogen) atoms. The van der Waals surface area contributed by atoms with Crippen LogP contribution in [0.5, 0.6) is 5.75 Å². The summed E-state index contributed by atoms with van der Waals surface area (Å²) in [6.45, 7) is 1.99. The van der Waals surface area contributed by atoms with E-state index < -0.39 is 6.10 Å². The van der Waals surface area contributed by atoms with Gasteiger partial charge in [-0.15, -0.1) is 0 Å². The highest BCUT2D eigenvalue weighted by atomic mass is 19.1. The predicted octanol–water partition coefficient (Wildman–Crippen LogP) is 3.69. The van der Waals surface area contributed by atoms with Crippen molar-refractivity contribution in [3.63, 3.8) is 0 Å². The fourth-order valence-electron chi connectivity index (χ4n) is 2.45. The Kier molecular flexibility index (Phi) is 2.99. The van der Waals surface area contributed by atoms with Crippen LogP contribution in [0.4, 0.5) is 4.39 Å². The lowest BCUT2D eigenvalue weighted by atomic mass is 9.94. The molecule has 3 rings (SSSR count). The monoisotopic (exact) mass is 258 g/mol. The normalized spacial score (nSPS) is 21.6. The van der Waals surface area contributed by atoms with E-state index in [-0.39, 0.29) is 11.9 Å². The molecule has 0 radical (unpaired) electrons. The quantitative estimate of drug-likeness (QED) is 0.845. The smallest absolute Gasteiger partial charge is 0.127 e. The third-order valence-corrected chi connectivity index (χ3v) is 3.47. The van der Waals surface area contributed by atoms with Gasteiger partial charge in [0.1, 0.15) is 17.7 Å². The van der Waals surface area contributed by atoms with Crippen LogP contribution in [0, 0.1) is 12.7 Å². The van der Waals surface area contributed by atoms with E-state index in [0.717, 1.165) is 16.7 Å². The standard InChI is InChI=1S/C16H15FO2/c1-10-2-7-15-13(8-10)14(18)9-16(19-15)11-3-5-12(17)6-4-11/h2-8,14,16,18H,9H2,1H3/t14-,16?/m0/s1. The average Bonchev–Trinajstić information content (AvgIpc) is 2.40. The zero-order chi connectivity index (χ0) is 13.4. The molecule has 0 aromatic heterocycles. The lowest BCUT2D eigenvalue weighted by Crippen LogP contribution is -2.19. The van der Waals surface area contributed by atoms with Gasteiger partial charge in [0.15, 0.2) is 0 Å². The van der Waals surface area contributed by atoms with Crippen LogP contribution in [0.3, 0.4) is 0 Å².